The number of hydrogen-bond donors (Lipinski definition) is 1. The number of likely N-dealkylation sites (tertiary alicyclic amines) is 1. The van der Waals surface area contributed by atoms with Crippen molar-refractivity contribution >= 4 is 6.03 Å². The van der Waals surface area contributed by atoms with E-state index >= 15 is 0 Å². The number of nitrogens with zero attached hydrogens (tertiary/aromatic N) is 4. The predicted octanol–water partition coefficient (Wildman–Crippen LogP) is 1.20. The molecule has 2 aliphatic rings. The van der Waals surface area contributed by atoms with Crippen LogP contribution in [0.15, 0.2) is 12.4 Å². The van der Waals surface area contributed by atoms with E-state index in [4.69, 9.17) is 4.74 Å². The number of rotatable bonds is 4. The average molecular weight is 335 g/mol. The molecular formula is C17H29N5O2. The summed E-state index contributed by atoms with van der Waals surface area (Å²) in [6.07, 6.45) is 8.53. The first-order chi connectivity index (χ1) is 11.5. The lowest BCUT2D eigenvalue weighted by atomic mass is 9.90. The topological polar surface area (TPSA) is 62.6 Å². The highest BCUT2D eigenvalue weighted by Crippen LogP contribution is 2.36. The zero-order valence-corrected chi connectivity index (χ0v) is 15.0. The molecule has 0 unspecified atom stereocenters. The number of amides is 2. The molecule has 2 atom stereocenters. The first-order valence-corrected chi connectivity index (χ1v) is 8.79. The van der Waals surface area contributed by atoms with Gasteiger partial charge in [0.2, 0.25) is 0 Å². The standard InChI is InChI=1S/C17H29N5O2/c1-20(2)16(23)18-10-15-5-4-6-17(24-15)7-8-22(13-17)12-14-9-19-21(3)11-14/h9,11,15H,4-8,10,12-13H2,1-3H3,(H,18,23)/t15-,17+/m0/s1. The molecule has 2 amide bonds. The Morgan fingerprint density at radius 2 is 2.33 bits per heavy atom. The number of aryl methyl sites for hydroxylation is 1. The number of hydrogen-bond acceptors (Lipinski definition) is 4. The Morgan fingerprint density at radius 1 is 1.50 bits per heavy atom. The third-order valence-corrected chi connectivity index (χ3v) is 5.02. The van der Waals surface area contributed by atoms with E-state index in [1.807, 2.05) is 17.9 Å². The summed E-state index contributed by atoms with van der Waals surface area (Å²) in [5.74, 6) is 0. The van der Waals surface area contributed by atoms with Crippen LogP contribution in [0.5, 0.6) is 0 Å². The van der Waals surface area contributed by atoms with Crippen molar-refractivity contribution in [3.05, 3.63) is 18.0 Å². The maximum atomic E-state index is 11.7. The van der Waals surface area contributed by atoms with Gasteiger partial charge in [-0.15, -0.1) is 0 Å². The Hall–Kier alpha value is -1.60. The number of ether oxygens (including phenoxy) is 1. The number of nitrogens with one attached hydrogen (secondary N) is 1. The summed E-state index contributed by atoms with van der Waals surface area (Å²) in [6.45, 7) is 3.56. The Balaban J connectivity index is 1.51. The molecule has 7 nitrogen and oxygen atoms in total. The monoisotopic (exact) mass is 335 g/mol. The highest BCUT2D eigenvalue weighted by Gasteiger charge is 2.42. The third-order valence-electron chi connectivity index (χ3n) is 5.02. The fourth-order valence-electron chi connectivity index (χ4n) is 3.80. The molecule has 0 saturated carbocycles. The highest BCUT2D eigenvalue weighted by molar-refractivity contribution is 5.73. The van der Waals surface area contributed by atoms with Gasteiger partial charge in [0, 0.05) is 59.1 Å². The van der Waals surface area contributed by atoms with Gasteiger partial charge in [0.05, 0.1) is 17.9 Å². The summed E-state index contributed by atoms with van der Waals surface area (Å²) >= 11 is 0. The van der Waals surface area contributed by atoms with Crippen molar-refractivity contribution in [3.63, 3.8) is 0 Å². The number of aromatic nitrogens is 2. The van der Waals surface area contributed by atoms with Crippen molar-refractivity contribution in [2.75, 3.05) is 33.7 Å². The Kier molecular flexibility index (Phi) is 5.10. The zero-order valence-electron chi connectivity index (χ0n) is 15.0. The molecule has 0 aliphatic carbocycles. The largest absolute Gasteiger partial charge is 0.369 e. The van der Waals surface area contributed by atoms with Crippen molar-refractivity contribution in [3.8, 4) is 0 Å². The molecule has 7 heteroatoms. The van der Waals surface area contributed by atoms with Gasteiger partial charge in [-0.2, -0.15) is 5.10 Å². The second-order valence-electron chi connectivity index (χ2n) is 7.38. The molecule has 2 aliphatic heterocycles. The van der Waals surface area contributed by atoms with Gasteiger partial charge in [-0.05, 0) is 25.7 Å². The van der Waals surface area contributed by atoms with Crippen LogP contribution in [0.25, 0.3) is 0 Å². The molecular weight excluding hydrogens is 306 g/mol. The summed E-state index contributed by atoms with van der Waals surface area (Å²) < 4.78 is 8.29. The van der Waals surface area contributed by atoms with E-state index in [2.05, 4.69) is 21.5 Å². The van der Waals surface area contributed by atoms with E-state index in [9.17, 15) is 4.79 Å². The summed E-state index contributed by atoms with van der Waals surface area (Å²) in [5.41, 5.74) is 1.22. The molecule has 2 saturated heterocycles. The maximum Gasteiger partial charge on any atom is 0.316 e. The van der Waals surface area contributed by atoms with E-state index in [0.717, 1.165) is 38.9 Å². The van der Waals surface area contributed by atoms with Crippen LogP contribution in [0.3, 0.4) is 0 Å². The van der Waals surface area contributed by atoms with Gasteiger partial charge in [-0.25, -0.2) is 4.79 Å². The number of carbonyl (C=O) groups excluding carboxylic acids is 1. The van der Waals surface area contributed by atoms with Gasteiger partial charge < -0.3 is 15.0 Å². The Morgan fingerprint density at radius 3 is 3.04 bits per heavy atom. The molecule has 0 radical (unpaired) electrons. The first kappa shape index (κ1) is 17.2. The molecule has 3 heterocycles. The lowest BCUT2D eigenvalue weighted by molar-refractivity contribution is -0.118. The van der Waals surface area contributed by atoms with E-state index in [-0.39, 0.29) is 17.7 Å². The lowest BCUT2D eigenvalue weighted by Crippen LogP contribution is -2.48. The number of urea groups is 1. The van der Waals surface area contributed by atoms with E-state index < -0.39 is 0 Å². The van der Waals surface area contributed by atoms with Gasteiger partial charge in [-0.3, -0.25) is 9.58 Å². The van der Waals surface area contributed by atoms with Gasteiger partial charge >= 0.3 is 6.03 Å². The van der Waals surface area contributed by atoms with E-state index in [1.165, 1.54) is 12.0 Å². The second-order valence-corrected chi connectivity index (χ2v) is 7.38. The fraction of sp³-hybridized carbons (Fsp3) is 0.765. The van der Waals surface area contributed by atoms with Crippen LogP contribution >= 0.6 is 0 Å². The third kappa shape index (κ3) is 4.08. The molecule has 3 rings (SSSR count). The number of carbonyl (C=O) groups is 1. The van der Waals surface area contributed by atoms with E-state index in [1.54, 1.807) is 19.0 Å². The van der Waals surface area contributed by atoms with Gasteiger partial charge in [0.1, 0.15) is 0 Å². The zero-order chi connectivity index (χ0) is 17.2. The minimum Gasteiger partial charge on any atom is -0.369 e. The Bertz CT molecular complexity index is 573. The molecule has 1 aromatic rings. The summed E-state index contributed by atoms with van der Waals surface area (Å²) in [5, 5.41) is 7.19. The van der Waals surface area contributed by atoms with Crippen LogP contribution in [-0.2, 0) is 18.3 Å². The van der Waals surface area contributed by atoms with Crippen molar-refractivity contribution < 1.29 is 9.53 Å². The van der Waals surface area contributed by atoms with Gasteiger partial charge in [0.25, 0.3) is 0 Å². The van der Waals surface area contributed by atoms with Crippen molar-refractivity contribution in [1.29, 1.82) is 0 Å². The normalized spacial score (nSPS) is 27.5. The van der Waals surface area contributed by atoms with Crippen LogP contribution < -0.4 is 5.32 Å². The molecule has 0 bridgehead atoms. The molecule has 24 heavy (non-hydrogen) atoms. The van der Waals surface area contributed by atoms with Crippen molar-refractivity contribution in [2.45, 2.75) is 43.9 Å². The van der Waals surface area contributed by atoms with Crippen LogP contribution in [-0.4, -0.2) is 71.0 Å². The van der Waals surface area contributed by atoms with Crippen molar-refractivity contribution in [2.24, 2.45) is 7.05 Å². The quantitative estimate of drug-likeness (QED) is 0.898. The van der Waals surface area contributed by atoms with Crippen LogP contribution in [0.1, 0.15) is 31.2 Å². The predicted molar refractivity (Wildman–Crippen MR) is 91.6 cm³/mol. The molecule has 0 aromatic carbocycles. The molecule has 134 valence electrons. The molecule has 1 N–H and O–H groups in total. The van der Waals surface area contributed by atoms with Crippen LogP contribution in [0.2, 0.25) is 0 Å². The molecule has 2 fully saturated rings. The summed E-state index contributed by atoms with van der Waals surface area (Å²) in [6, 6.07) is -0.0529. The van der Waals surface area contributed by atoms with Crippen LogP contribution in [0.4, 0.5) is 4.79 Å². The SMILES string of the molecule is CN(C)C(=O)NC[C@@H]1CCC[C@]2(CCN(Cc3cnn(C)c3)C2)O1. The van der Waals surface area contributed by atoms with Gasteiger partial charge in [-0.1, -0.05) is 0 Å². The highest BCUT2D eigenvalue weighted by atomic mass is 16.5. The first-order valence-electron chi connectivity index (χ1n) is 8.79. The maximum absolute atomic E-state index is 11.7. The fourth-order valence-corrected chi connectivity index (χ4v) is 3.80. The van der Waals surface area contributed by atoms with E-state index in [0.29, 0.717) is 6.54 Å². The Labute approximate surface area is 143 Å². The minimum absolute atomic E-state index is 0.0338. The smallest absolute Gasteiger partial charge is 0.316 e. The minimum atomic E-state index is -0.0529. The van der Waals surface area contributed by atoms with Gasteiger partial charge in [0.15, 0.2) is 0 Å². The molecule has 1 spiro atoms. The van der Waals surface area contributed by atoms with Crippen LogP contribution in [0, 0.1) is 0 Å². The average Bonchev–Trinajstić information content (AvgIpc) is 3.12. The second kappa shape index (κ2) is 7.11. The summed E-state index contributed by atoms with van der Waals surface area (Å²) in [4.78, 5) is 15.7. The molecule has 1 aromatic heterocycles. The van der Waals surface area contributed by atoms with Crippen molar-refractivity contribution in [1.82, 2.24) is 24.9 Å². The lowest BCUT2D eigenvalue weighted by Gasteiger charge is -2.39. The summed E-state index contributed by atoms with van der Waals surface area (Å²) in [7, 11) is 5.46.